The van der Waals surface area contributed by atoms with Gasteiger partial charge in [-0.1, -0.05) is 6.07 Å². The number of nitrogens with one attached hydrogen (secondary N) is 1. The summed E-state index contributed by atoms with van der Waals surface area (Å²) in [6, 6.07) is 5.08. The summed E-state index contributed by atoms with van der Waals surface area (Å²) >= 11 is 0. The average molecular weight is 388 g/mol. The lowest BCUT2D eigenvalue weighted by atomic mass is 10.2. The fraction of sp³-hybridized carbons (Fsp3) is 0.357. The first-order chi connectivity index (χ1) is 11.7. The summed E-state index contributed by atoms with van der Waals surface area (Å²) < 4.78 is 66.0. The largest absolute Gasteiger partial charge is 0.266 e. The number of aromatic nitrogens is 2. The summed E-state index contributed by atoms with van der Waals surface area (Å²) in [6.45, 7) is 1.55. The van der Waals surface area contributed by atoms with Gasteiger partial charge in [-0.2, -0.15) is 13.7 Å². The molecule has 3 rings (SSSR count). The van der Waals surface area contributed by atoms with Crippen LogP contribution in [-0.4, -0.2) is 61.8 Å². The van der Waals surface area contributed by atoms with Crippen molar-refractivity contribution in [1.29, 1.82) is 0 Å². The van der Waals surface area contributed by atoms with Crippen molar-refractivity contribution in [3.8, 4) is 0 Å². The van der Waals surface area contributed by atoms with Crippen molar-refractivity contribution in [2.75, 3.05) is 26.2 Å². The van der Waals surface area contributed by atoms with Crippen LogP contribution >= 0.6 is 0 Å². The average Bonchev–Trinajstić information content (AvgIpc) is 3.13. The fourth-order valence-electron chi connectivity index (χ4n) is 2.56. The van der Waals surface area contributed by atoms with Crippen LogP contribution < -0.4 is 0 Å². The third-order valence-corrected chi connectivity index (χ3v) is 7.79. The molecule has 1 aromatic carbocycles. The van der Waals surface area contributed by atoms with Gasteiger partial charge >= 0.3 is 0 Å². The Kier molecular flexibility index (Phi) is 4.66. The lowest BCUT2D eigenvalue weighted by Crippen LogP contribution is -2.50. The Morgan fingerprint density at radius 2 is 1.60 bits per heavy atom. The molecule has 1 N–H and O–H groups in total. The van der Waals surface area contributed by atoms with E-state index in [2.05, 4.69) is 10.2 Å². The zero-order valence-electron chi connectivity index (χ0n) is 13.4. The summed E-state index contributed by atoms with van der Waals surface area (Å²) in [4.78, 5) is -0.138. The van der Waals surface area contributed by atoms with E-state index in [1.165, 1.54) is 28.7 Å². The molecule has 2 heterocycles. The number of hydrogen-bond donors (Lipinski definition) is 1. The molecular formula is C14H17FN4O4S2. The van der Waals surface area contributed by atoms with E-state index < -0.39 is 25.9 Å². The van der Waals surface area contributed by atoms with E-state index in [1.807, 2.05) is 0 Å². The van der Waals surface area contributed by atoms with Gasteiger partial charge in [0.1, 0.15) is 5.82 Å². The highest BCUT2D eigenvalue weighted by Gasteiger charge is 2.34. The maximum absolute atomic E-state index is 13.7. The molecule has 0 unspecified atom stereocenters. The number of hydrogen-bond acceptors (Lipinski definition) is 5. The predicted octanol–water partition coefficient (Wildman–Crippen LogP) is 0.552. The van der Waals surface area contributed by atoms with Gasteiger partial charge in [0.05, 0.1) is 11.1 Å². The van der Waals surface area contributed by atoms with Gasteiger partial charge in [0.2, 0.25) is 10.0 Å². The van der Waals surface area contributed by atoms with Gasteiger partial charge in [0.25, 0.3) is 10.0 Å². The van der Waals surface area contributed by atoms with Crippen molar-refractivity contribution in [1.82, 2.24) is 18.8 Å². The summed E-state index contributed by atoms with van der Waals surface area (Å²) in [5, 5.41) is 5.98. The standard InChI is InChI=1S/C14H17FN4O4S2/c1-11-2-3-12(10-13(11)15)24(20,21)18-6-8-19(9-7-18)25(22,23)14-4-5-16-17-14/h2-5,10H,6-9H2,1H3,(H,16,17). The van der Waals surface area contributed by atoms with Gasteiger partial charge in [-0.15, -0.1) is 0 Å². The highest BCUT2D eigenvalue weighted by atomic mass is 32.2. The Morgan fingerprint density at radius 1 is 1.00 bits per heavy atom. The van der Waals surface area contributed by atoms with Crippen molar-refractivity contribution in [2.24, 2.45) is 0 Å². The first-order valence-corrected chi connectivity index (χ1v) is 10.4. The van der Waals surface area contributed by atoms with Crippen molar-refractivity contribution in [3.63, 3.8) is 0 Å². The third kappa shape index (κ3) is 3.32. The summed E-state index contributed by atoms with van der Waals surface area (Å²) in [5.41, 5.74) is 0.356. The van der Waals surface area contributed by atoms with Crippen LogP contribution in [0.4, 0.5) is 4.39 Å². The Bertz CT molecular complexity index is 966. The van der Waals surface area contributed by atoms with Crippen LogP contribution in [-0.2, 0) is 20.0 Å². The Morgan fingerprint density at radius 3 is 2.12 bits per heavy atom. The Balaban J connectivity index is 1.76. The number of sulfonamides is 2. The fourth-order valence-corrected chi connectivity index (χ4v) is 5.32. The zero-order chi connectivity index (χ0) is 18.2. The molecule has 1 fully saturated rings. The summed E-state index contributed by atoms with van der Waals surface area (Å²) in [7, 11) is -7.60. The molecule has 1 aromatic heterocycles. The molecule has 11 heteroatoms. The number of halogens is 1. The van der Waals surface area contributed by atoms with E-state index in [0.717, 1.165) is 10.4 Å². The van der Waals surface area contributed by atoms with Crippen molar-refractivity contribution in [3.05, 3.63) is 41.8 Å². The van der Waals surface area contributed by atoms with Crippen LogP contribution in [0.2, 0.25) is 0 Å². The second-order valence-electron chi connectivity index (χ2n) is 5.64. The molecule has 8 nitrogen and oxygen atoms in total. The molecule has 0 spiro atoms. The van der Waals surface area contributed by atoms with Gasteiger partial charge in [-0.3, -0.25) is 5.10 Å². The Labute approximate surface area is 145 Å². The highest BCUT2D eigenvalue weighted by Crippen LogP contribution is 2.22. The molecule has 1 aliphatic rings. The summed E-state index contributed by atoms with van der Waals surface area (Å²) in [6.07, 6.45) is 1.33. The minimum Gasteiger partial charge on any atom is -0.266 e. The highest BCUT2D eigenvalue weighted by molar-refractivity contribution is 7.89. The van der Waals surface area contributed by atoms with E-state index in [1.54, 1.807) is 6.92 Å². The molecule has 0 bridgehead atoms. The second kappa shape index (κ2) is 6.48. The van der Waals surface area contributed by atoms with E-state index in [-0.39, 0.29) is 36.1 Å². The molecule has 25 heavy (non-hydrogen) atoms. The minimum atomic E-state index is -3.87. The monoisotopic (exact) mass is 388 g/mol. The Hall–Kier alpha value is -1.82. The van der Waals surface area contributed by atoms with Gasteiger partial charge in [-0.25, -0.2) is 21.2 Å². The van der Waals surface area contributed by atoms with Crippen LogP contribution in [0.25, 0.3) is 0 Å². The van der Waals surface area contributed by atoms with Crippen LogP contribution in [0.5, 0.6) is 0 Å². The van der Waals surface area contributed by atoms with Crippen LogP contribution in [0.15, 0.2) is 40.4 Å². The maximum atomic E-state index is 13.7. The smallest absolute Gasteiger partial charge is 0.260 e. The number of aryl methyl sites for hydroxylation is 1. The van der Waals surface area contributed by atoms with Crippen LogP contribution in [0.3, 0.4) is 0 Å². The number of rotatable bonds is 4. The zero-order valence-corrected chi connectivity index (χ0v) is 15.0. The van der Waals surface area contributed by atoms with E-state index in [4.69, 9.17) is 0 Å². The predicted molar refractivity (Wildman–Crippen MR) is 87.2 cm³/mol. The van der Waals surface area contributed by atoms with Crippen molar-refractivity contribution >= 4 is 20.0 Å². The minimum absolute atomic E-state index is 0.00873. The van der Waals surface area contributed by atoms with E-state index in [9.17, 15) is 21.2 Å². The normalized spacial score (nSPS) is 17.7. The van der Waals surface area contributed by atoms with Crippen LogP contribution in [0, 0.1) is 12.7 Å². The molecule has 0 saturated carbocycles. The van der Waals surface area contributed by atoms with Crippen LogP contribution in [0.1, 0.15) is 5.56 Å². The van der Waals surface area contributed by atoms with Crippen molar-refractivity contribution in [2.45, 2.75) is 16.8 Å². The molecule has 1 aliphatic heterocycles. The third-order valence-electron chi connectivity index (χ3n) is 4.07. The molecule has 0 radical (unpaired) electrons. The van der Waals surface area contributed by atoms with Crippen molar-refractivity contribution < 1.29 is 21.2 Å². The molecule has 136 valence electrons. The lowest BCUT2D eigenvalue weighted by molar-refractivity contribution is 0.272. The molecule has 0 aliphatic carbocycles. The molecule has 2 aromatic rings. The second-order valence-corrected chi connectivity index (χ2v) is 9.48. The number of aromatic amines is 1. The topological polar surface area (TPSA) is 103 Å². The van der Waals surface area contributed by atoms with Gasteiger partial charge in [-0.05, 0) is 30.7 Å². The van der Waals surface area contributed by atoms with Gasteiger partial charge in [0.15, 0.2) is 5.03 Å². The maximum Gasteiger partial charge on any atom is 0.260 e. The summed E-state index contributed by atoms with van der Waals surface area (Å²) in [5.74, 6) is -0.596. The quantitative estimate of drug-likeness (QED) is 0.824. The molecule has 1 saturated heterocycles. The first-order valence-electron chi connectivity index (χ1n) is 7.49. The molecule has 0 amide bonds. The van der Waals surface area contributed by atoms with E-state index >= 15 is 0 Å². The number of H-pyrrole nitrogens is 1. The van der Waals surface area contributed by atoms with Gasteiger partial charge in [0, 0.05) is 26.2 Å². The molecule has 0 atom stereocenters. The molecular weight excluding hydrogens is 371 g/mol. The number of nitrogens with zero attached hydrogens (tertiary/aromatic N) is 3. The number of benzene rings is 1. The van der Waals surface area contributed by atoms with E-state index in [0.29, 0.717) is 5.56 Å². The first kappa shape index (κ1) is 18.0. The SMILES string of the molecule is Cc1ccc(S(=O)(=O)N2CCN(S(=O)(=O)c3ccn[nH]3)CC2)cc1F. The number of piperazine rings is 1. The van der Waals surface area contributed by atoms with Gasteiger partial charge < -0.3 is 0 Å². The lowest BCUT2D eigenvalue weighted by Gasteiger charge is -2.32.